The van der Waals surface area contributed by atoms with E-state index in [2.05, 4.69) is 10.3 Å². The van der Waals surface area contributed by atoms with Crippen molar-refractivity contribution >= 4 is 23.5 Å². The molecule has 0 saturated heterocycles. The summed E-state index contributed by atoms with van der Waals surface area (Å²) in [5.41, 5.74) is -0.322. The van der Waals surface area contributed by atoms with Crippen LogP contribution in [0.4, 0.5) is 0 Å². The lowest BCUT2D eigenvalue weighted by molar-refractivity contribution is -0.156. The van der Waals surface area contributed by atoms with Crippen LogP contribution in [0.15, 0.2) is 18.5 Å². The van der Waals surface area contributed by atoms with Gasteiger partial charge in [-0.25, -0.2) is 4.79 Å². The van der Waals surface area contributed by atoms with Crippen LogP contribution in [0.2, 0.25) is 5.02 Å². The predicted molar refractivity (Wildman–Crippen MR) is 72.0 cm³/mol. The maximum atomic E-state index is 11.9. The van der Waals surface area contributed by atoms with Gasteiger partial charge in [-0.05, 0) is 33.8 Å². The van der Waals surface area contributed by atoms with E-state index in [1.165, 1.54) is 18.5 Å². The van der Waals surface area contributed by atoms with Gasteiger partial charge in [0.15, 0.2) is 0 Å². The van der Waals surface area contributed by atoms with Crippen molar-refractivity contribution in [2.24, 2.45) is 0 Å². The molecule has 0 radical (unpaired) electrons. The molecule has 6 heteroatoms. The lowest BCUT2D eigenvalue weighted by Crippen LogP contribution is -2.42. The van der Waals surface area contributed by atoms with Gasteiger partial charge in [-0.15, -0.1) is 0 Å². The van der Waals surface area contributed by atoms with E-state index in [9.17, 15) is 9.59 Å². The number of nitrogens with one attached hydrogen (secondary N) is 1. The summed E-state index contributed by atoms with van der Waals surface area (Å²) in [6.07, 6.45) is 2.83. The first-order chi connectivity index (χ1) is 8.70. The number of pyridine rings is 1. The molecule has 1 atom stereocenters. The van der Waals surface area contributed by atoms with Gasteiger partial charge in [-0.1, -0.05) is 11.6 Å². The van der Waals surface area contributed by atoms with E-state index in [4.69, 9.17) is 16.3 Å². The third kappa shape index (κ3) is 4.87. The summed E-state index contributed by atoms with van der Waals surface area (Å²) in [4.78, 5) is 27.4. The zero-order valence-electron chi connectivity index (χ0n) is 11.4. The number of esters is 1. The molecule has 0 aliphatic carbocycles. The molecule has 0 aromatic carbocycles. The van der Waals surface area contributed by atoms with Crippen LogP contribution in [-0.4, -0.2) is 28.5 Å². The van der Waals surface area contributed by atoms with E-state index in [0.717, 1.165) is 0 Å². The summed E-state index contributed by atoms with van der Waals surface area (Å²) in [5.74, 6) is -0.934. The molecule has 0 bridgehead atoms. The topological polar surface area (TPSA) is 68.3 Å². The van der Waals surface area contributed by atoms with Crippen LogP contribution in [0.3, 0.4) is 0 Å². The zero-order chi connectivity index (χ0) is 14.6. The average Bonchev–Trinajstić information content (AvgIpc) is 2.27. The monoisotopic (exact) mass is 284 g/mol. The molecule has 1 aromatic heterocycles. The largest absolute Gasteiger partial charge is 0.458 e. The molecule has 1 rings (SSSR count). The van der Waals surface area contributed by atoms with Crippen molar-refractivity contribution < 1.29 is 14.3 Å². The number of hydrogen-bond donors (Lipinski definition) is 1. The summed E-state index contributed by atoms with van der Waals surface area (Å²) >= 11 is 5.85. The van der Waals surface area contributed by atoms with E-state index in [1.807, 2.05) is 0 Å². The minimum Gasteiger partial charge on any atom is -0.458 e. The Hall–Kier alpha value is -1.62. The van der Waals surface area contributed by atoms with Crippen molar-refractivity contribution in [3.63, 3.8) is 0 Å². The second kappa shape index (κ2) is 6.02. The summed E-state index contributed by atoms with van der Waals surface area (Å²) in [6.45, 7) is 6.85. The quantitative estimate of drug-likeness (QED) is 0.864. The van der Waals surface area contributed by atoms with E-state index in [0.29, 0.717) is 0 Å². The molecule has 1 heterocycles. The summed E-state index contributed by atoms with van der Waals surface area (Å²) < 4.78 is 5.17. The molecule has 1 N–H and O–H groups in total. The Bertz CT molecular complexity index is 483. The van der Waals surface area contributed by atoms with Crippen LogP contribution < -0.4 is 5.32 Å². The Balaban J connectivity index is 2.67. The predicted octanol–water partition coefficient (Wildman–Crippen LogP) is 2.20. The first kappa shape index (κ1) is 15.4. The van der Waals surface area contributed by atoms with Crippen molar-refractivity contribution in [2.45, 2.75) is 39.3 Å². The van der Waals surface area contributed by atoms with Gasteiger partial charge < -0.3 is 10.1 Å². The summed E-state index contributed by atoms with van der Waals surface area (Å²) in [7, 11) is 0. The molecule has 0 aliphatic heterocycles. The van der Waals surface area contributed by atoms with Crippen molar-refractivity contribution in [2.75, 3.05) is 0 Å². The summed E-state index contributed by atoms with van der Waals surface area (Å²) in [5, 5.41) is 2.77. The Kier molecular flexibility index (Phi) is 4.89. The van der Waals surface area contributed by atoms with Crippen LogP contribution in [-0.2, 0) is 9.53 Å². The average molecular weight is 285 g/mol. The fraction of sp³-hybridized carbons (Fsp3) is 0.462. The van der Waals surface area contributed by atoms with Gasteiger partial charge >= 0.3 is 5.97 Å². The molecule has 0 aliphatic rings. The highest BCUT2D eigenvalue weighted by atomic mass is 35.5. The number of amides is 1. The molecule has 0 spiro atoms. The molecular formula is C13H17ClN2O3. The van der Waals surface area contributed by atoms with E-state index >= 15 is 0 Å². The number of carbonyl (C=O) groups is 2. The molecule has 104 valence electrons. The molecule has 1 amide bonds. The van der Waals surface area contributed by atoms with Crippen molar-refractivity contribution in [1.82, 2.24) is 10.3 Å². The van der Waals surface area contributed by atoms with Gasteiger partial charge in [-0.2, -0.15) is 0 Å². The van der Waals surface area contributed by atoms with Crippen molar-refractivity contribution in [3.05, 3.63) is 29.0 Å². The first-order valence-corrected chi connectivity index (χ1v) is 6.22. The highest BCUT2D eigenvalue weighted by molar-refractivity contribution is 6.33. The van der Waals surface area contributed by atoms with Crippen LogP contribution in [0.5, 0.6) is 0 Å². The maximum absolute atomic E-state index is 11.9. The van der Waals surface area contributed by atoms with Gasteiger partial charge in [0.25, 0.3) is 5.91 Å². The first-order valence-electron chi connectivity index (χ1n) is 5.84. The number of hydrogen-bond acceptors (Lipinski definition) is 4. The molecule has 19 heavy (non-hydrogen) atoms. The van der Waals surface area contributed by atoms with Gasteiger partial charge in [0, 0.05) is 12.4 Å². The molecule has 5 nitrogen and oxygen atoms in total. The molecule has 0 saturated carbocycles. The van der Waals surface area contributed by atoms with Crippen molar-refractivity contribution in [1.29, 1.82) is 0 Å². The lowest BCUT2D eigenvalue weighted by atomic mass is 10.2. The number of ether oxygens (including phenoxy) is 1. The maximum Gasteiger partial charge on any atom is 0.328 e. The zero-order valence-corrected chi connectivity index (χ0v) is 12.1. The molecular weight excluding hydrogens is 268 g/mol. The number of aromatic nitrogens is 1. The SMILES string of the molecule is C[C@H](NC(=O)c1ccncc1Cl)C(=O)OC(C)(C)C. The number of nitrogens with zero attached hydrogens (tertiary/aromatic N) is 1. The van der Waals surface area contributed by atoms with Crippen LogP contribution in [0, 0.1) is 0 Å². The van der Waals surface area contributed by atoms with Crippen LogP contribution in [0.1, 0.15) is 38.1 Å². The normalized spacial score (nSPS) is 12.7. The highest BCUT2D eigenvalue weighted by Crippen LogP contribution is 2.13. The van der Waals surface area contributed by atoms with E-state index in [1.54, 1.807) is 27.7 Å². The Morgan fingerprint density at radius 2 is 2.05 bits per heavy atom. The van der Waals surface area contributed by atoms with Gasteiger partial charge in [-0.3, -0.25) is 9.78 Å². The van der Waals surface area contributed by atoms with Crippen LogP contribution in [0.25, 0.3) is 0 Å². The Morgan fingerprint density at radius 1 is 1.42 bits per heavy atom. The third-order valence-electron chi connectivity index (χ3n) is 2.13. The minimum atomic E-state index is -0.754. The Morgan fingerprint density at radius 3 is 2.58 bits per heavy atom. The number of halogens is 1. The van der Waals surface area contributed by atoms with Crippen LogP contribution >= 0.6 is 11.6 Å². The smallest absolute Gasteiger partial charge is 0.328 e. The summed E-state index contributed by atoms with van der Waals surface area (Å²) in [6, 6.07) is 0.732. The lowest BCUT2D eigenvalue weighted by Gasteiger charge is -2.22. The molecule has 0 unspecified atom stereocenters. The second-order valence-electron chi connectivity index (χ2n) is 5.08. The van der Waals surface area contributed by atoms with E-state index in [-0.39, 0.29) is 10.6 Å². The minimum absolute atomic E-state index is 0.233. The molecule has 0 fully saturated rings. The molecule has 1 aromatic rings. The number of rotatable bonds is 3. The number of carbonyl (C=O) groups excluding carboxylic acids is 2. The Labute approximate surface area is 117 Å². The fourth-order valence-corrected chi connectivity index (χ4v) is 1.49. The highest BCUT2D eigenvalue weighted by Gasteiger charge is 2.23. The fourth-order valence-electron chi connectivity index (χ4n) is 1.28. The van der Waals surface area contributed by atoms with Gasteiger partial charge in [0.2, 0.25) is 0 Å². The van der Waals surface area contributed by atoms with Gasteiger partial charge in [0.1, 0.15) is 11.6 Å². The van der Waals surface area contributed by atoms with Gasteiger partial charge in [0.05, 0.1) is 10.6 Å². The van der Waals surface area contributed by atoms with Crippen molar-refractivity contribution in [3.8, 4) is 0 Å². The van der Waals surface area contributed by atoms with E-state index < -0.39 is 23.5 Å². The standard InChI is InChI=1S/C13H17ClN2O3/c1-8(12(18)19-13(2,3)4)16-11(17)9-5-6-15-7-10(9)14/h5-8H,1-4H3,(H,16,17)/t8-/m0/s1. The third-order valence-corrected chi connectivity index (χ3v) is 2.43. The second-order valence-corrected chi connectivity index (χ2v) is 5.49.